The summed E-state index contributed by atoms with van der Waals surface area (Å²) in [6.45, 7) is 6.29. The van der Waals surface area contributed by atoms with E-state index in [1.807, 2.05) is 54.8 Å². The van der Waals surface area contributed by atoms with Crippen molar-refractivity contribution in [1.29, 1.82) is 0 Å². The summed E-state index contributed by atoms with van der Waals surface area (Å²) in [5.74, 6) is 0. The van der Waals surface area contributed by atoms with Crippen molar-refractivity contribution in [3.05, 3.63) is 59.9 Å². The zero-order valence-electron chi connectivity index (χ0n) is 14.4. The third kappa shape index (κ3) is 3.61. The van der Waals surface area contributed by atoms with Crippen molar-refractivity contribution in [1.82, 2.24) is 9.38 Å². The topological polar surface area (TPSA) is 43.6 Å². The molecule has 0 amide bonds. The van der Waals surface area contributed by atoms with Gasteiger partial charge in [-0.25, -0.2) is 4.98 Å². The minimum atomic E-state index is -2.46. The van der Waals surface area contributed by atoms with E-state index in [0.29, 0.717) is 18.9 Å². The Morgan fingerprint density at radius 2 is 1.75 bits per heavy atom. The van der Waals surface area contributed by atoms with E-state index < -0.39 is 7.37 Å². The van der Waals surface area contributed by atoms with E-state index in [1.54, 1.807) is 0 Å². The van der Waals surface area contributed by atoms with Gasteiger partial charge in [0.2, 0.25) is 7.37 Å². The Balaban J connectivity index is 1.77. The van der Waals surface area contributed by atoms with Crippen molar-refractivity contribution in [3.8, 4) is 11.3 Å². The van der Waals surface area contributed by atoms with Crippen molar-refractivity contribution in [2.75, 3.05) is 12.3 Å². The van der Waals surface area contributed by atoms with E-state index >= 15 is 0 Å². The fraction of sp³-hybridized carbons (Fsp3) is 0.316. The van der Waals surface area contributed by atoms with Gasteiger partial charge < -0.3 is 8.92 Å². The highest BCUT2D eigenvalue weighted by Gasteiger charge is 2.17. The van der Waals surface area contributed by atoms with Gasteiger partial charge in [-0.3, -0.25) is 4.57 Å². The Kier molecular flexibility index (Phi) is 4.88. The van der Waals surface area contributed by atoms with Crippen LogP contribution in [0.1, 0.15) is 25.0 Å². The largest absolute Gasteiger partial charge is 0.324 e. The van der Waals surface area contributed by atoms with E-state index in [0.717, 1.165) is 22.5 Å². The summed E-state index contributed by atoms with van der Waals surface area (Å²) in [6.07, 6.45) is 5.28. The van der Waals surface area contributed by atoms with Crippen LogP contribution in [0.2, 0.25) is 0 Å². The van der Waals surface area contributed by atoms with Crippen LogP contribution < -0.4 is 0 Å². The van der Waals surface area contributed by atoms with Crippen LogP contribution in [0.15, 0.2) is 48.8 Å². The smallest absolute Gasteiger partial charge is 0.202 e. The molecular formula is C19H23N2O2P. The number of aromatic nitrogens is 2. The number of nitrogens with zero attached hydrogens (tertiary/aromatic N) is 2. The SMILES string of the molecule is CCP(=O)(CC)OCc1ccc(-c2cn3cc(C)ccc3n2)cc1. The third-order valence-electron chi connectivity index (χ3n) is 4.28. The fourth-order valence-corrected chi connectivity index (χ4v) is 3.81. The van der Waals surface area contributed by atoms with Crippen molar-refractivity contribution >= 4 is 13.0 Å². The molecule has 0 atom stereocenters. The Morgan fingerprint density at radius 3 is 2.42 bits per heavy atom. The van der Waals surface area contributed by atoms with Gasteiger partial charge in [0.05, 0.1) is 12.3 Å². The Labute approximate surface area is 143 Å². The molecular weight excluding hydrogens is 319 g/mol. The van der Waals surface area contributed by atoms with Crippen molar-refractivity contribution < 1.29 is 9.09 Å². The first-order valence-corrected chi connectivity index (χ1v) is 10.3. The van der Waals surface area contributed by atoms with Gasteiger partial charge in [-0.15, -0.1) is 0 Å². The third-order valence-corrected chi connectivity index (χ3v) is 6.81. The summed E-state index contributed by atoms with van der Waals surface area (Å²) in [6, 6.07) is 12.2. The number of benzene rings is 1. The lowest BCUT2D eigenvalue weighted by atomic mass is 10.1. The lowest BCUT2D eigenvalue weighted by Crippen LogP contribution is -1.96. The van der Waals surface area contributed by atoms with Crippen molar-refractivity contribution in [2.45, 2.75) is 27.4 Å². The summed E-state index contributed by atoms with van der Waals surface area (Å²) < 4.78 is 20.0. The van der Waals surface area contributed by atoms with Crippen LogP contribution in [0.5, 0.6) is 0 Å². The van der Waals surface area contributed by atoms with E-state index in [-0.39, 0.29) is 0 Å². The molecule has 126 valence electrons. The zero-order chi connectivity index (χ0) is 17.2. The van der Waals surface area contributed by atoms with Gasteiger partial charge >= 0.3 is 0 Å². The first-order chi connectivity index (χ1) is 11.5. The normalized spacial score (nSPS) is 12.0. The molecule has 0 aliphatic rings. The average molecular weight is 342 g/mol. The second kappa shape index (κ2) is 6.92. The number of hydrogen-bond acceptors (Lipinski definition) is 3. The summed E-state index contributed by atoms with van der Waals surface area (Å²) in [4.78, 5) is 4.65. The molecule has 1 aromatic carbocycles. The molecule has 0 spiro atoms. The van der Waals surface area contributed by atoms with E-state index in [2.05, 4.69) is 24.2 Å². The molecule has 0 aliphatic heterocycles. The minimum absolute atomic E-state index is 0.392. The Bertz CT molecular complexity index is 876. The Hall–Kier alpha value is -1.90. The fourth-order valence-electron chi connectivity index (χ4n) is 2.61. The maximum Gasteiger partial charge on any atom is 0.202 e. The van der Waals surface area contributed by atoms with Crippen LogP contribution in [0.4, 0.5) is 0 Å². The molecule has 0 N–H and O–H groups in total. The summed E-state index contributed by atoms with van der Waals surface area (Å²) in [5, 5.41) is 0. The highest BCUT2D eigenvalue weighted by atomic mass is 31.2. The maximum absolute atomic E-state index is 12.3. The second-order valence-corrected chi connectivity index (χ2v) is 9.17. The monoisotopic (exact) mass is 342 g/mol. The standard InChI is InChI=1S/C19H23N2O2P/c1-4-24(22,5-2)23-14-16-7-9-17(10-8-16)18-13-21-12-15(3)6-11-19(21)20-18/h6-13H,4-5,14H2,1-3H3. The summed E-state index contributed by atoms with van der Waals surface area (Å²) in [7, 11) is -2.46. The highest BCUT2D eigenvalue weighted by molar-refractivity contribution is 7.58. The van der Waals surface area contributed by atoms with E-state index in [1.165, 1.54) is 5.56 Å². The molecule has 0 aliphatic carbocycles. The predicted molar refractivity (Wildman–Crippen MR) is 98.8 cm³/mol. The summed E-state index contributed by atoms with van der Waals surface area (Å²) in [5.41, 5.74) is 5.18. The molecule has 2 aromatic heterocycles. The molecule has 0 unspecified atom stereocenters. The molecule has 0 radical (unpaired) electrons. The van der Waals surface area contributed by atoms with Crippen molar-refractivity contribution in [3.63, 3.8) is 0 Å². The Morgan fingerprint density at radius 1 is 1.04 bits per heavy atom. The minimum Gasteiger partial charge on any atom is -0.324 e. The van der Waals surface area contributed by atoms with Gasteiger partial charge in [-0.2, -0.15) is 0 Å². The van der Waals surface area contributed by atoms with E-state index in [9.17, 15) is 4.57 Å². The molecule has 24 heavy (non-hydrogen) atoms. The molecule has 0 saturated heterocycles. The van der Waals surface area contributed by atoms with Crippen LogP contribution in [0.3, 0.4) is 0 Å². The zero-order valence-corrected chi connectivity index (χ0v) is 15.3. The summed E-state index contributed by atoms with van der Waals surface area (Å²) >= 11 is 0. The number of aryl methyl sites for hydroxylation is 1. The number of fused-ring (bicyclic) bond motifs is 1. The molecule has 0 saturated carbocycles. The van der Waals surface area contributed by atoms with Crippen LogP contribution in [-0.2, 0) is 15.7 Å². The predicted octanol–water partition coefficient (Wildman–Crippen LogP) is 5.14. The number of hydrogen-bond donors (Lipinski definition) is 0. The van der Waals surface area contributed by atoms with Gasteiger partial charge in [-0.05, 0) is 24.1 Å². The molecule has 0 bridgehead atoms. The lowest BCUT2D eigenvalue weighted by molar-refractivity contribution is 0.304. The number of rotatable bonds is 6. The highest BCUT2D eigenvalue weighted by Crippen LogP contribution is 2.46. The van der Waals surface area contributed by atoms with Gasteiger partial charge in [0, 0.05) is 30.3 Å². The van der Waals surface area contributed by atoms with Gasteiger partial charge in [0.25, 0.3) is 0 Å². The lowest BCUT2D eigenvalue weighted by Gasteiger charge is -2.14. The number of pyridine rings is 1. The quantitative estimate of drug-likeness (QED) is 0.582. The van der Waals surface area contributed by atoms with Gasteiger partial charge in [-0.1, -0.05) is 44.2 Å². The molecule has 0 fully saturated rings. The van der Waals surface area contributed by atoms with Crippen LogP contribution >= 0.6 is 7.37 Å². The molecule has 2 heterocycles. The van der Waals surface area contributed by atoms with Gasteiger partial charge in [0.1, 0.15) is 5.65 Å². The molecule has 3 rings (SSSR count). The van der Waals surface area contributed by atoms with Crippen LogP contribution in [0.25, 0.3) is 16.9 Å². The second-order valence-electron chi connectivity index (χ2n) is 6.02. The van der Waals surface area contributed by atoms with Crippen LogP contribution in [0, 0.1) is 6.92 Å². The number of imidazole rings is 1. The van der Waals surface area contributed by atoms with Crippen LogP contribution in [-0.4, -0.2) is 21.7 Å². The van der Waals surface area contributed by atoms with E-state index in [4.69, 9.17) is 4.52 Å². The average Bonchev–Trinajstić information content (AvgIpc) is 3.03. The van der Waals surface area contributed by atoms with Crippen molar-refractivity contribution in [2.24, 2.45) is 0 Å². The maximum atomic E-state index is 12.3. The first kappa shape index (κ1) is 16.9. The molecule has 3 aromatic rings. The van der Waals surface area contributed by atoms with Gasteiger partial charge in [0.15, 0.2) is 0 Å². The molecule has 5 heteroatoms. The molecule has 4 nitrogen and oxygen atoms in total. The first-order valence-electron chi connectivity index (χ1n) is 8.30.